The van der Waals surface area contributed by atoms with Crippen molar-refractivity contribution < 1.29 is 20.4 Å². The summed E-state index contributed by atoms with van der Waals surface area (Å²) < 4.78 is 0. The number of rotatable bonds is 7. The molecular weight excluding hydrogens is 318 g/mol. The highest BCUT2D eigenvalue weighted by molar-refractivity contribution is 7.14. The molecule has 4 N–H and O–H groups in total. The summed E-state index contributed by atoms with van der Waals surface area (Å²) in [6.07, 6.45) is -3.24. The van der Waals surface area contributed by atoms with Crippen LogP contribution in [0, 0.1) is 0 Å². The second-order valence-corrected chi connectivity index (χ2v) is 5.74. The number of aliphatic hydroxyl groups is 4. The second-order valence-electron chi connectivity index (χ2n) is 4.90. The standard InChI is InChI=1S/C15H19N3O4S/c1-18(16-7-12(20)14(22)13(21)8-19)15-17-11(9-23-15)10-5-3-2-4-6-10/h2-7,9,12-14,19-22H,8H2,1H3/b16-7-/t12-,13-,14+/m0/s1. The molecule has 0 fully saturated rings. The molecule has 0 bridgehead atoms. The van der Waals surface area contributed by atoms with Gasteiger partial charge in [-0.05, 0) is 0 Å². The predicted molar refractivity (Wildman–Crippen MR) is 89.6 cm³/mol. The number of aliphatic hydroxyl groups excluding tert-OH is 4. The molecule has 0 spiro atoms. The first-order chi connectivity index (χ1) is 11.0. The smallest absolute Gasteiger partial charge is 0.206 e. The lowest BCUT2D eigenvalue weighted by Gasteiger charge is -2.18. The van der Waals surface area contributed by atoms with Crippen LogP contribution in [0.15, 0.2) is 40.8 Å². The van der Waals surface area contributed by atoms with Crippen LogP contribution in [0.1, 0.15) is 0 Å². The summed E-state index contributed by atoms with van der Waals surface area (Å²) in [6.45, 7) is -0.644. The first kappa shape index (κ1) is 17.5. The van der Waals surface area contributed by atoms with Crippen molar-refractivity contribution in [3.05, 3.63) is 35.7 Å². The minimum Gasteiger partial charge on any atom is -0.394 e. The lowest BCUT2D eigenvalue weighted by molar-refractivity contribution is -0.0541. The van der Waals surface area contributed by atoms with Crippen molar-refractivity contribution in [3.8, 4) is 11.3 Å². The monoisotopic (exact) mass is 337 g/mol. The molecule has 0 aliphatic heterocycles. The number of nitrogens with zero attached hydrogens (tertiary/aromatic N) is 3. The van der Waals surface area contributed by atoms with Crippen LogP contribution in [0.3, 0.4) is 0 Å². The Morgan fingerprint density at radius 2 is 1.96 bits per heavy atom. The molecule has 1 aromatic carbocycles. The van der Waals surface area contributed by atoms with Gasteiger partial charge in [0.05, 0.1) is 18.5 Å². The highest BCUT2D eigenvalue weighted by Gasteiger charge is 2.22. The summed E-state index contributed by atoms with van der Waals surface area (Å²) in [5, 5.41) is 45.2. The number of aromatic nitrogens is 1. The van der Waals surface area contributed by atoms with Crippen LogP contribution in [0.5, 0.6) is 0 Å². The molecule has 0 unspecified atom stereocenters. The quantitative estimate of drug-likeness (QED) is 0.428. The van der Waals surface area contributed by atoms with Crippen LogP contribution in [-0.2, 0) is 0 Å². The fraction of sp³-hybridized carbons (Fsp3) is 0.333. The van der Waals surface area contributed by atoms with Gasteiger partial charge in [-0.3, -0.25) is 0 Å². The molecule has 0 saturated heterocycles. The summed E-state index contributed by atoms with van der Waals surface area (Å²) in [7, 11) is 1.66. The predicted octanol–water partition coefficient (Wildman–Crippen LogP) is 0.307. The summed E-state index contributed by atoms with van der Waals surface area (Å²) in [5.74, 6) is 0. The van der Waals surface area contributed by atoms with E-state index in [9.17, 15) is 15.3 Å². The van der Waals surface area contributed by atoms with Crippen LogP contribution in [0.25, 0.3) is 11.3 Å². The Labute approximate surface area is 137 Å². The molecule has 1 heterocycles. The highest BCUT2D eigenvalue weighted by atomic mass is 32.1. The highest BCUT2D eigenvalue weighted by Crippen LogP contribution is 2.26. The van der Waals surface area contributed by atoms with E-state index in [0.29, 0.717) is 5.13 Å². The van der Waals surface area contributed by atoms with Gasteiger partial charge in [-0.15, -0.1) is 11.3 Å². The molecular formula is C15H19N3O4S. The van der Waals surface area contributed by atoms with Gasteiger partial charge < -0.3 is 20.4 Å². The normalized spacial score (nSPS) is 15.5. The molecule has 2 rings (SSSR count). The van der Waals surface area contributed by atoms with E-state index in [1.807, 2.05) is 35.7 Å². The van der Waals surface area contributed by atoms with E-state index < -0.39 is 24.9 Å². The van der Waals surface area contributed by atoms with Gasteiger partial charge in [0.2, 0.25) is 5.13 Å². The molecule has 23 heavy (non-hydrogen) atoms. The van der Waals surface area contributed by atoms with E-state index in [4.69, 9.17) is 5.11 Å². The lowest BCUT2D eigenvalue weighted by atomic mass is 10.1. The molecule has 0 amide bonds. The van der Waals surface area contributed by atoms with Gasteiger partial charge >= 0.3 is 0 Å². The first-order valence-corrected chi connectivity index (χ1v) is 7.84. The molecule has 124 valence electrons. The van der Waals surface area contributed by atoms with E-state index >= 15 is 0 Å². The van der Waals surface area contributed by atoms with Crippen LogP contribution in [0.4, 0.5) is 5.13 Å². The Bertz CT molecular complexity index is 635. The molecule has 0 aliphatic rings. The zero-order chi connectivity index (χ0) is 16.8. The average molecular weight is 337 g/mol. The number of hydrogen-bond donors (Lipinski definition) is 4. The molecule has 8 heteroatoms. The van der Waals surface area contributed by atoms with Crippen molar-refractivity contribution in [2.75, 3.05) is 18.7 Å². The van der Waals surface area contributed by atoms with E-state index in [1.54, 1.807) is 7.05 Å². The zero-order valence-corrected chi connectivity index (χ0v) is 13.3. The van der Waals surface area contributed by atoms with E-state index in [2.05, 4.69) is 10.1 Å². The Morgan fingerprint density at radius 1 is 1.26 bits per heavy atom. The molecule has 7 nitrogen and oxygen atoms in total. The molecule has 1 aromatic heterocycles. The number of anilines is 1. The number of benzene rings is 1. The minimum atomic E-state index is -1.51. The van der Waals surface area contributed by atoms with Gasteiger partial charge in [-0.25, -0.2) is 9.99 Å². The molecule has 0 aliphatic carbocycles. The third-order valence-corrected chi connectivity index (χ3v) is 4.07. The average Bonchev–Trinajstić information content (AvgIpc) is 3.08. The summed E-state index contributed by atoms with van der Waals surface area (Å²) in [4.78, 5) is 4.45. The number of hydrazone groups is 1. The Hall–Kier alpha value is -1.84. The maximum absolute atomic E-state index is 9.68. The van der Waals surface area contributed by atoms with Crippen LogP contribution in [0.2, 0.25) is 0 Å². The second kappa shape index (κ2) is 8.14. The SMILES string of the molecule is CN(/N=C\[C@H](O)[C@@H](O)[C@@H](O)CO)c1nc(-c2ccccc2)cs1. The van der Waals surface area contributed by atoms with Crippen molar-refractivity contribution in [1.82, 2.24) is 4.98 Å². The Balaban J connectivity index is 2.02. The van der Waals surface area contributed by atoms with Crippen molar-refractivity contribution in [2.45, 2.75) is 18.3 Å². The number of hydrogen-bond acceptors (Lipinski definition) is 8. The van der Waals surface area contributed by atoms with Crippen LogP contribution in [-0.4, -0.2) is 63.6 Å². The third kappa shape index (κ3) is 4.57. The van der Waals surface area contributed by atoms with E-state index in [-0.39, 0.29) is 0 Å². The maximum Gasteiger partial charge on any atom is 0.206 e. The largest absolute Gasteiger partial charge is 0.394 e. The molecule has 0 radical (unpaired) electrons. The lowest BCUT2D eigenvalue weighted by Crippen LogP contribution is -2.40. The van der Waals surface area contributed by atoms with Gasteiger partial charge in [0.15, 0.2) is 0 Å². The molecule has 3 atom stereocenters. The zero-order valence-electron chi connectivity index (χ0n) is 12.5. The van der Waals surface area contributed by atoms with Gasteiger partial charge in [-0.1, -0.05) is 30.3 Å². The van der Waals surface area contributed by atoms with Crippen LogP contribution >= 0.6 is 11.3 Å². The van der Waals surface area contributed by atoms with Crippen molar-refractivity contribution in [2.24, 2.45) is 5.10 Å². The molecule has 2 aromatic rings. The number of thiazole rings is 1. The topological polar surface area (TPSA) is 109 Å². The van der Waals surface area contributed by atoms with Crippen molar-refractivity contribution >= 4 is 22.7 Å². The summed E-state index contributed by atoms with van der Waals surface area (Å²) in [6, 6.07) is 9.71. The maximum atomic E-state index is 9.68. The summed E-state index contributed by atoms with van der Waals surface area (Å²) >= 11 is 1.39. The first-order valence-electron chi connectivity index (χ1n) is 6.96. The van der Waals surface area contributed by atoms with Gasteiger partial charge in [0.25, 0.3) is 0 Å². The van der Waals surface area contributed by atoms with Gasteiger partial charge in [0, 0.05) is 18.0 Å². The fourth-order valence-corrected chi connectivity index (χ4v) is 2.55. The van der Waals surface area contributed by atoms with Crippen LogP contribution < -0.4 is 5.01 Å². The van der Waals surface area contributed by atoms with Gasteiger partial charge in [0.1, 0.15) is 18.3 Å². The van der Waals surface area contributed by atoms with Crippen molar-refractivity contribution in [1.29, 1.82) is 0 Å². The van der Waals surface area contributed by atoms with Crippen molar-refractivity contribution in [3.63, 3.8) is 0 Å². The molecule has 0 saturated carbocycles. The van der Waals surface area contributed by atoms with E-state index in [0.717, 1.165) is 17.5 Å². The van der Waals surface area contributed by atoms with Gasteiger partial charge in [-0.2, -0.15) is 5.10 Å². The minimum absolute atomic E-state index is 0.615. The Kier molecular flexibility index (Phi) is 6.20. The summed E-state index contributed by atoms with van der Waals surface area (Å²) in [5.41, 5.74) is 1.82. The third-order valence-electron chi connectivity index (χ3n) is 3.16. The van der Waals surface area contributed by atoms with E-state index in [1.165, 1.54) is 16.3 Å². The Morgan fingerprint density at radius 3 is 2.61 bits per heavy atom. The fourth-order valence-electron chi connectivity index (χ4n) is 1.80.